The smallest absolute Gasteiger partial charge is 0.162 e. The van der Waals surface area contributed by atoms with Crippen LogP contribution in [0.4, 0.5) is 0 Å². The molecule has 1 nitrogen and oxygen atoms in total. The Balaban J connectivity index is 2.70. The molecule has 0 saturated heterocycles. The SMILES string of the molecule is C=C(C)C(=O)Cc1ccc(I)cc1. The van der Waals surface area contributed by atoms with Gasteiger partial charge in [-0.3, -0.25) is 4.79 Å². The van der Waals surface area contributed by atoms with Gasteiger partial charge in [-0.05, 0) is 52.8 Å². The van der Waals surface area contributed by atoms with Crippen molar-refractivity contribution in [3.8, 4) is 0 Å². The molecule has 0 spiro atoms. The average molecular weight is 286 g/mol. The minimum Gasteiger partial charge on any atom is -0.294 e. The Morgan fingerprint density at radius 2 is 1.92 bits per heavy atom. The fraction of sp³-hybridized carbons (Fsp3) is 0.182. The van der Waals surface area contributed by atoms with Crippen LogP contribution in [0.15, 0.2) is 36.4 Å². The van der Waals surface area contributed by atoms with Gasteiger partial charge in [-0.25, -0.2) is 0 Å². The molecule has 0 aliphatic carbocycles. The number of carbonyl (C=O) groups excluding carboxylic acids is 1. The van der Waals surface area contributed by atoms with Crippen LogP contribution in [0.1, 0.15) is 12.5 Å². The molecular weight excluding hydrogens is 275 g/mol. The number of benzene rings is 1. The van der Waals surface area contributed by atoms with Gasteiger partial charge >= 0.3 is 0 Å². The van der Waals surface area contributed by atoms with Gasteiger partial charge in [0.2, 0.25) is 0 Å². The zero-order valence-electron chi connectivity index (χ0n) is 7.51. The van der Waals surface area contributed by atoms with Gasteiger partial charge in [-0.1, -0.05) is 18.7 Å². The maximum Gasteiger partial charge on any atom is 0.162 e. The van der Waals surface area contributed by atoms with Crippen LogP contribution in [0.3, 0.4) is 0 Å². The van der Waals surface area contributed by atoms with Gasteiger partial charge in [0, 0.05) is 9.99 Å². The summed E-state index contributed by atoms with van der Waals surface area (Å²) in [4.78, 5) is 11.3. The topological polar surface area (TPSA) is 17.1 Å². The van der Waals surface area contributed by atoms with E-state index in [1.165, 1.54) is 3.57 Å². The lowest BCUT2D eigenvalue weighted by atomic mass is 10.1. The molecule has 0 unspecified atom stereocenters. The minimum atomic E-state index is 0.112. The minimum absolute atomic E-state index is 0.112. The molecule has 1 rings (SSSR count). The third-order valence-corrected chi connectivity index (χ3v) is 2.47. The number of halogens is 1. The first-order valence-electron chi connectivity index (χ1n) is 4.03. The molecule has 0 bridgehead atoms. The van der Waals surface area contributed by atoms with Gasteiger partial charge in [0.1, 0.15) is 0 Å². The normalized spacial score (nSPS) is 9.69. The molecule has 0 amide bonds. The summed E-state index contributed by atoms with van der Waals surface area (Å²) in [5.74, 6) is 0.112. The zero-order chi connectivity index (χ0) is 9.84. The van der Waals surface area contributed by atoms with Gasteiger partial charge in [-0.2, -0.15) is 0 Å². The Kier molecular flexibility index (Phi) is 3.66. The molecule has 1 aromatic carbocycles. The van der Waals surface area contributed by atoms with Gasteiger partial charge < -0.3 is 0 Å². The molecule has 0 saturated carbocycles. The van der Waals surface area contributed by atoms with E-state index in [1.807, 2.05) is 24.3 Å². The van der Waals surface area contributed by atoms with Crippen LogP contribution in [0.2, 0.25) is 0 Å². The second-order valence-electron chi connectivity index (χ2n) is 3.01. The van der Waals surface area contributed by atoms with Crippen molar-refractivity contribution in [1.29, 1.82) is 0 Å². The predicted octanol–water partition coefficient (Wildman–Crippen LogP) is 2.98. The Bertz CT molecular complexity index is 324. The number of carbonyl (C=O) groups is 1. The molecule has 0 heterocycles. The molecule has 0 aromatic heterocycles. The summed E-state index contributed by atoms with van der Waals surface area (Å²) < 4.78 is 1.18. The Morgan fingerprint density at radius 1 is 1.38 bits per heavy atom. The van der Waals surface area contributed by atoms with Crippen molar-refractivity contribution in [1.82, 2.24) is 0 Å². The summed E-state index contributed by atoms with van der Waals surface area (Å²) in [6, 6.07) is 7.95. The highest BCUT2D eigenvalue weighted by atomic mass is 127. The molecule has 0 aliphatic heterocycles. The van der Waals surface area contributed by atoms with Crippen molar-refractivity contribution < 1.29 is 4.79 Å². The second kappa shape index (κ2) is 4.56. The third-order valence-electron chi connectivity index (χ3n) is 1.75. The van der Waals surface area contributed by atoms with Crippen molar-refractivity contribution in [2.45, 2.75) is 13.3 Å². The molecule has 1 aromatic rings. The lowest BCUT2D eigenvalue weighted by Gasteiger charge is -2.00. The largest absolute Gasteiger partial charge is 0.294 e. The highest BCUT2D eigenvalue weighted by Gasteiger charge is 2.03. The average Bonchev–Trinajstić information content (AvgIpc) is 2.08. The summed E-state index contributed by atoms with van der Waals surface area (Å²) in [5.41, 5.74) is 1.67. The van der Waals surface area contributed by atoms with Gasteiger partial charge in [0.15, 0.2) is 5.78 Å². The standard InChI is InChI=1S/C11H11IO/c1-8(2)11(13)7-9-3-5-10(12)6-4-9/h3-6H,1,7H2,2H3. The Hall–Kier alpha value is -0.640. The van der Waals surface area contributed by atoms with Crippen LogP contribution in [0.5, 0.6) is 0 Å². The number of Topliss-reactive ketones (excluding diaryl/α,β-unsaturated/α-hetero) is 1. The van der Waals surface area contributed by atoms with Crippen LogP contribution in [-0.2, 0) is 11.2 Å². The molecular formula is C11H11IO. The highest BCUT2D eigenvalue weighted by Crippen LogP contribution is 2.08. The number of ketones is 1. The number of hydrogen-bond acceptors (Lipinski definition) is 1. The fourth-order valence-corrected chi connectivity index (χ4v) is 1.30. The van der Waals surface area contributed by atoms with Crippen LogP contribution in [-0.4, -0.2) is 5.78 Å². The fourth-order valence-electron chi connectivity index (χ4n) is 0.939. The van der Waals surface area contributed by atoms with E-state index in [0.29, 0.717) is 12.0 Å². The third kappa shape index (κ3) is 3.30. The molecule has 0 atom stereocenters. The molecule has 0 radical (unpaired) electrons. The van der Waals surface area contributed by atoms with E-state index in [1.54, 1.807) is 6.92 Å². The molecule has 68 valence electrons. The molecule has 2 heteroatoms. The van der Waals surface area contributed by atoms with E-state index in [0.717, 1.165) is 5.56 Å². The summed E-state index contributed by atoms with van der Waals surface area (Å²) in [5, 5.41) is 0. The summed E-state index contributed by atoms with van der Waals surface area (Å²) in [6.45, 7) is 5.36. The first-order chi connectivity index (χ1) is 6.09. The maximum atomic E-state index is 11.3. The summed E-state index contributed by atoms with van der Waals surface area (Å²) >= 11 is 2.24. The molecule has 0 fully saturated rings. The lowest BCUT2D eigenvalue weighted by Crippen LogP contribution is -2.02. The van der Waals surface area contributed by atoms with Gasteiger partial charge in [0.05, 0.1) is 0 Å². The van der Waals surface area contributed by atoms with Crippen LogP contribution < -0.4 is 0 Å². The Labute approximate surface area is 92.0 Å². The second-order valence-corrected chi connectivity index (χ2v) is 4.25. The van der Waals surface area contributed by atoms with Crippen LogP contribution in [0, 0.1) is 3.57 Å². The van der Waals surface area contributed by atoms with E-state index in [-0.39, 0.29) is 5.78 Å². The predicted molar refractivity (Wildman–Crippen MR) is 62.7 cm³/mol. The van der Waals surface area contributed by atoms with Crippen molar-refractivity contribution in [3.63, 3.8) is 0 Å². The quantitative estimate of drug-likeness (QED) is 0.616. The van der Waals surface area contributed by atoms with E-state index in [9.17, 15) is 4.79 Å². The zero-order valence-corrected chi connectivity index (χ0v) is 9.67. The monoisotopic (exact) mass is 286 g/mol. The van der Waals surface area contributed by atoms with Crippen molar-refractivity contribution >= 4 is 28.4 Å². The van der Waals surface area contributed by atoms with E-state index in [2.05, 4.69) is 29.2 Å². The van der Waals surface area contributed by atoms with Crippen molar-refractivity contribution in [2.24, 2.45) is 0 Å². The van der Waals surface area contributed by atoms with E-state index < -0.39 is 0 Å². The first-order valence-corrected chi connectivity index (χ1v) is 5.10. The van der Waals surface area contributed by atoms with Crippen LogP contribution in [0.25, 0.3) is 0 Å². The number of rotatable bonds is 3. The number of allylic oxidation sites excluding steroid dienone is 1. The summed E-state index contributed by atoms with van der Waals surface area (Å²) in [7, 11) is 0. The lowest BCUT2D eigenvalue weighted by molar-refractivity contribution is -0.114. The molecule has 0 aliphatic rings. The van der Waals surface area contributed by atoms with Gasteiger partial charge in [-0.15, -0.1) is 0 Å². The summed E-state index contributed by atoms with van der Waals surface area (Å²) in [6.07, 6.45) is 0.465. The van der Waals surface area contributed by atoms with E-state index in [4.69, 9.17) is 0 Å². The molecule has 13 heavy (non-hydrogen) atoms. The Morgan fingerprint density at radius 3 is 2.38 bits per heavy atom. The van der Waals surface area contributed by atoms with Crippen molar-refractivity contribution in [2.75, 3.05) is 0 Å². The molecule has 0 N–H and O–H groups in total. The first kappa shape index (κ1) is 10.4. The highest BCUT2D eigenvalue weighted by molar-refractivity contribution is 14.1. The van der Waals surface area contributed by atoms with Gasteiger partial charge in [0.25, 0.3) is 0 Å². The van der Waals surface area contributed by atoms with Crippen molar-refractivity contribution in [3.05, 3.63) is 45.6 Å². The van der Waals surface area contributed by atoms with Crippen LogP contribution >= 0.6 is 22.6 Å². The maximum absolute atomic E-state index is 11.3. The number of hydrogen-bond donors (Lipinski definition) is 0. The van der Waals surface area contributed by atoms with E-state index >= 15 is 0 Å².